The molecule has 114 valence electrons. The second-order valence-corrected chi connectivity index (χ2v) is 5.84. The van der Waals surface area contributed by atoms with Crippen molar-refractivity contribution in [3.8, 4) is 10.9 Å². The number of thiazole rings is 1. The van der Waals surface area contributed by atoms with Crippen molar-refractivity contribution >= 4 is 17.2 Å². The van der Waals surface area contributed by atoms with Crippen LogP contribution < -0.4 is 0 Å². The van der Waals surface area contributed by atoms with Crippen LogP contribution in [0.3, 0.4) is 0 Å². The van der Waals surface area contributed by atoms with Crippen molar-refractivity contribution in [1.82, 2.24) is 20.1 Å². The predicted molar refractivity (Wildman–Crippen MR) is 77.9 cm³/mol. The van der Waals surface area contributed by atoms with E-state index in [1.807, 2.05) is 13.8 Å². The number of nitrogens with zero attached hydrogens (tertiary/aromatic N) is 4. The van der Waals surface area contributed by atoms with Crippen molar-refractivity contribution in [1.29, 1.82) is 0 Å². The van der Waals surface area contributed by atoms with E-state index in [1.165, 1.54) is 11.3 Å². The van der Waals surface area contributed by atoms with Gasteiger partial charge in [0.05, 0.1) is 0 Å². The molecule has 8 heteroatoms. The smallest absolute Gasteiger partial charge is 0.276 e. The summed E-state index contributed by atoms with van der Waals surface area (Å²) in [6.45, 7) is 8.21. The summed E-state index contributed by atoms with van der Waals surface area (Å²) in [5, 5.41) is 19.6. The van der Waals surface area contributed by atoms with E-state index in [1.54, 1.807) is 24.1 Å². The summed E-state index contributed by atoms with van der Waals surface area (Å²) in [4.78, 5) is 18.1. The third kappa shape index (κ3) is 3.27. The topological polar surface area (TPSA) is 92.4 Å². The van der Waals surface area contributed by atoms with Crippen LogP contribution in [-0.2, 0) is 5.60 Å². The quantitative estimate of drug-likeness (QED) is 0.906. The van der Waals surface area contributed by atoms with Crippen LogP contribution in [0.2, 0.25) is 0 Å². The zero-order valence-electron chi connectivity index (χ0n) is 12.5. The molecule has 0 saturated heterocycles. The van der Waals surface area contributed by atoms with Gasteiger partial charge in [0.2, 0.25) is 5.89 Å². The highest BCUT2D eigenvalue weighted by atomic mass is 32.1. The molecule has 0 atom stereocenters. The summed E-state index contributed by atoms with van der Waals surface area (Å²) in [7, 11) is 0. The van der Waals surface area contributed by atoms with Crippen LogP contribution in [0.1, 0.15) is 44.1 Å². The molecule has 21 heavy (non-hydrogen) atoms. The van der Waals surface area contributed by atoms with Crippen LogP contribution in [0.5, 0.6) is 0 Å². The van der Waals surface area contributed by atoms with Crippen molar-refractivity contribution in [3.05, 3.63) is 17.0 Å². The maximum atomic E-state index is 12.2. The van der Waals surface area contributed by atoms with Gasteiger partial charge >= 0.3 is 0 Å². The lowest BCUT2D eigenvalue weighted by Gasteiger charge is -2.16. The number of hydrogen-bond acceptors (Lipinski definition) is 7. The molecule has 0 fully saturated rings. The van der Waals surface area contributed by atoms with Crippen LogP contribution in [0.15, 0.2) is 9.80 Å². The van der Waals surface area contributed by atoms with E-state index in [-0.39, 0.29) is 17.7 Å². The van der Waals surface area contributed by atoms with Gasteiger partial charge in [0.25, 0.3) is 11.8 Å². The van der Waals surface area contributed by atoms with E-state index in [2.05, 4.69) is 15.2 Å². The third-order valence-corrected chi connectivity index (χ3v) is 3.74. The van der Waals surface area contributed by atoms with Gasteiger partial charge < -0.3 is 14.4 Å². The fourth-order valence-corrected chi connectivity index (χ4v) is 2.41. The minimum absolute atomic E-state index is 0.115. The molecule has 0 radical (unpaired) electrons. The largest absolute Gasteiger partial charge is 0.415 e. The van der Waals surface area contributed by atoms with Crippen molar-refractivity contribution < 1.29 is 14.3 Å². The van der Waals surface area contributed by atoms with Crippen LogP contribution >= 0.6 is 11.3 Å². The van der Waals surface area contributed by atoms with Gasteiger partial charge in [-0.15, -0.1) is 21.5 Å². The van der Waals surface area contributed by atoms with E-state index >= 15 is 0 Å². The summed E-state index contributed by atoms with van der Waals surface area (Å²) in [5.74, 6) is 0.199. The van der Waals surface area contributed by atoms with Gasteiger partial charge in [0.15, 0.2) is 5.01 Å². The Kier molecular flexibility index (Phi) is 4.38. The number of rotatable bonds is 5. The normalized spacial score (nSPS) is 11.7. The maximum Gasteiger partial charge on any atom is 0.276 e. The first-order valence-corrected chi connectivity index (χ1v) is 7.56. The van der Waals surface area contributed by atoms with Crippen LogP contribution in [-0.4, -0.2) is 44.2 Å². The maximum absolute atomic E-state index is 12.2. The van der Waals surface area contributed by atoms with Gasteiger partial charge in [-0.2, -0.15) is 0 Å². The second-order valence-electron chi connectivity index (χ2n) is 4.99. The van der Waals surface area contributed by atoms with Crippen molar-refractivity contribution in [2.24, 2.45) is 0 Å². The second kappa shape index (κ2) is 5.90. The first-order chi connectivity index (χ1) is 9.86. The molecule has 0 aliphatic heterocycles. The molecular formula is C13H18N4O3S. The molecule has 7 nitrogen and oxygen atoms in total. The molecule has 1 amide bonds. The number of amides is 1. The minimum Gasteiger partial charge on any atom is -0.415 e. The molecule has 0 aliphatic rings. The third-order valence-electron chi connectivity index (χ3n) is 2.91. The SMILES string of the molecule is CCN(CC)C(=O)c1csc(-c2nnc(C(C)(C)O)o2)n1. The Morgan fingerprint density at radius 3 is 2.57 bits per heavy atom. The highest BCUT2D eigenvalue weighted by molar-refractivity contribution is 7.13. The number of aromatic nitrogens is 3. The average molecular weight is 310 g/mol. The number of carbonyl (C=O) groups is 1. The van der Waals surface area contributed by atoms with Gasteiger partial charge in [0, 0.05) is 18.5 Å². The molecule has 0 aliphatic carbocycles. The zero-order chi connectivity index (χ0) is 15.6. The molecular weight excluding hydrogens is 292 g/mol. The molecule has 0 bridgehead atoms. The fourth-order valence-electron chi connectivity index (χ4n) is 1.70. The Hall–Kier alpha value is -1.80. The van der Waals surface area contributed by atoms with E-state index in [4.69, 9.17) is 4.42 Å². The fraction of sp³-hybridized carbons (Fsp3) is 0.538. The molecule has 2 aromatic rings. The summed E-state index contributed by atoms with van der Waals surface area (Å²) < 4.78 is 5.39. The Morgan fingerprint density at radius 1 is 1.38 bits per heavy atom. The van der Waals surface area contributed by atoms with Crippen molar-refractivity contribution in [2.45, 2.75) is 33.3 Å². The molecule has 0 spiro atoms. The minimum atomic E-state index is -1.21. The Morgan fingerprint density at radius 2 is 2.05 bits per heavy atom. The summed E-state index contributed by atoms with van der Waals surface area (Å²) in [6.07, 6.45) is 0. The van der Waals surface area contributed by atoms with Gasteiger partial charge in [-0.05, 0) is 27.7 Å². The summed E-state index contributed by atoms with van der Waals surface area (Å²) >= 11 is 1.26. The van der Waals surface area contributed by atoms with E-state index in [9.17, 15) is 9.90 Å². The average Bonchev–Trinajstić information content (AvgIpc) is 3.08. The molecule has 1 N–H and O–H groups in total. The van der Waals surface area contributed by atoms with Crippen molar-refractivity contribution in [3.63, 3.8) is 0 Å². The lowest BCUT2D eigenvalue weighted by molar-refractivity contribution is 0.0487. The van der Waals surface area contributed by atoms with Gasteiger partial charge in [-0.1, -0.05) is 0 Å². The first-order valence-electron chi connectivity index (χ1n) is 6.68. The van der Waals surface area contributed by atoms with Gasteiger partial charge in [-0.3, -0.25) is 4.79 Å². The van der Waals surface area contributed by atoms with Crippen molar-refractivity contribution in [2.75, 3.05) is 13.1 Å². The standard InChI is InChI=1S/C13H18N4O3S/c1-5-17(6-2)11(18)8-7-21-10(14-8)9-15-16-12(20-9)13(3,4)19/h7,19H,5-6H2,1-4H3. The Labute approximate surface area is 126 Å². The predicted octanol–water partition coefficient (Wildman–Crippen LogP) is 1.90. The molecule has 2 rings (SSSR count). The lowest BCUT2D eigenvalue weighted by Crippen LogP contribution is -2.30. The number of aliphatic hydroxyl groups is 1. The lowest BCUT2D eigenvalue weighted by atomic mass is 10.1. The Bertz CT molecular complexity index is 625. The molecule has 0 aromatic carbocycles. The van der Waals surface area contributed by atoms with E-state index < -0.39 is 5.60 Å². The highest BCUT2D eigenvalue weighted by Gasteiger charge is 2.25. The van der Waals surface area contributed by atoms with Crippen LogP contribution in [0.25, 0.3) is 10.9 Å². The van der Waals surface area contributed by atoms with E-state index in [0.29, 0.717) is 23.8 Å². The molecule has 2 heterocycles. The Balaban J connectivity index is 2.24. The van der Waals surface area contributed by atoms with Crippen LogP contribution in [0.4, 0.5) is 0 Å². The zero-order valence-corrected chi connectivity index (χ0v) is 13.3. The molecule has 2 aromatic heterocycles. The van der Waals surface area contributed by atoms with Gasteiger partial charge in [0.1, 0.15) is 11.3 Å². The molecule has 0 unspecified atom stereocenters. The number of carbonyl (C=O) groups excluding carboxylic acids is 1. The molecule has 0 saturated carbocycles. The first kappa shape index (κ1) is 15.6. The highest BCUT2D eigenvalue weighted by Crippen LogP contribution is 2.26. The van der Waals surface area contributed by atoms with E-state index in [0.717, 1.165) is 0 Å². The summed E-state index contributed by atoms with van der Waals surface area (Å²) in [6, 6.07) is 0. The van der Waals surface area contributed by atoms with Gasteiger partial charge in [-0.25, -0.2) is 4.98 Å². The number of hydrogen-bond donors (Lipinski definition) is 1. The monoisotopic (exact) mass is 310 g/mol. The summed E-state index contributed by atoms with van der Waals surface area (Å²) in [5.41, 5.74) is -0.843. The van der Waals surface area contributed by atoms with Crippen LogP contribution in [0, 0.1) is 0 Å².